The number of methoxy groups -OCH3 is 1. The first-order chi connectivity index (χ1) is 9.69. The number of amides is 1. The fraction of sp³-hybridized carbons (Fsp3) is 0.562. The van der Waals surface area contributed by atoms with Gasteiger partial charge in [0.2, 0.25) is 5.91 Å². The molecule has 0 spiro atoms. The first kappa shape index (κ1) is 19.9. The van der Waals surface area contributed by atoms with E-state index >= 15 is 0 Å². The van der Waals surface area contributed by atoms with Crippen LogP contribution in [-0.2, 0) is 16.0 Å². The van der Waals surface area contributed by atoms with Crippen molar-refractivity contribution in [2.75, 3.05) is 13.7 Å². The molecule has 0 aliphatic rings. The molecule has 1 aromatic carbocycles. The van der Waals surface area contributed by atoms with Gasteiger partial charge in [-0.3, -0.25) is 4.79 Å². The fourth-order valence-electron chi connectivity index (χ4n) is 2.23. The second-order valence-electron chi connectivity index (χ2n) is 5.04. The van der Waals surface area contributed by atoms with Crippen LogP contribution in [0.5, 0.6) is 0 Å². The van der Waals surface area contributed by atoms with Crippen LogP contribution in [0.1, 0.15) is 31.7 Å². The Hall–Kier alpha value is -1.10. The Morgan fingerprint density at radius 2 is 2.00 bits per heavy atom. The van der Waals surface area contributed by atoms with Crippen LogP contribution in [0.4, 0.5) is 0 Å². The van der Waals surface area contributed by atoms with E-state index in [1.54, 1.807) is 7.11 Å². The van der Waals surface area contributed by atoms with Crippen LogP contribution >= 0.6 is 12.4 Å². The maximum absolute atomic E-state index is 12.0. The smallest absolute Gasteiger partial charge is 0.222 e. The number of ether oxygens (including phenoxy) is 1. The van der Waals surface area contributed by atoms with Gasteiger partial charge in [-0.05, 0) is 18.4 Å². The van der Waals surface area contributed by atoms with Gasteiger partial charge in [0.05, 0.1) is 12.5 Å². The van der Waals surface area contributed by atoms with Gasteiger partial charge < -0.3 is 15.8 Å². The summed E-state index contributed by atoms with van der Waals surface area (Å²) in [5.74, 6) is 0.0108. The number of nitrogens with one attached hydrogen (secondary N) is 1. The van der Waals surface area contributed by atoms with Gasteiger partial charge in [-0.1, -0.05) is 43.7 Å². The van der Waals surface area contributed by atoms with E-state index < -0.39 is 0 Å². The van der Waals surface area contributed by atoms with E-state index in [9.17, 15) is 4.79 Å². The predicted octanol–water partition coefficient (Wildman–Crippen LogP) is 2.30. The van der Waals surface area contributed by atoms with Crippen molar-refractivity contribution in [2.24, 2.45) is 5.73 Å². The number of hydrogen-bond acceptors (Lipinski definition) is 3. The first-order valence-electron chi connectivity index (χ1n) is 7.25. The monoisotopic (exact) mass is 314 g/mol. The lowest BCUT2D eigenvalue weighted by Crippen LogP contribution is -2.39. The highest BCUT2D eigenvalue weighted by Gasteiger charge is 2.16. The SMILES string of the molecule is CCCC(Cc1ccccc1)NC(=O)CC(CN)OC.Cl. The quantitative estimate of drug-likeness (QED) is 0.735. The average Bonchev–Trinajstić information content (AvgIpc) is 2.46. The fourth-order valence-corrected chi connectivity index (χ4v) is 2.23. The molecule has 0 aliphatic carbocycles. The number of halogens is 1. The Balaban J connectivity index is 0.00000400. The third-order valence-corrected chi connectivity index (χ3v) is 3.34. The number of hydrogen-bond donors (Lipinski definition) is 2. The summed E-state index contributed by atoms with van der Waals surface area (Å²) in [6.45, 7) is 2.49. The first-order valence-corrected chi connectivity index (χ1v) is 7.25. The van der Waals surface area contributed by atoms with Crippen molar-refractivity contribution >= 4 is 18.3 Å². The minimum absolute atomic E-state index is 0. The van der Waals surface area contributed by atoms with Gasteiger partial charge in [-0.15, -0.1) is 12.4 Å². The van der Waals surface area contributed by atoms with Gasteiger partial charge in [0.15, 0.2) is 0 Å². The molecule has 3 N–H and O–H groups in total. The summed E-state index contributed by atoms with van der Waals surface area (Å²) in [5, 5.41) is 3.09. The summed E-state index contributed by atoms with van der Waals surface area (Å²) in [7, 11) is 1.58. The molecular weight excluding hydrogens is 288 g/mol. The number of rotatable bonds is 9. The average molecular weight is 315 g/mol. The van der Waals surface area contributed by atoms with Crippen molar-refractivity contribution in [3.63, 3.8) is 0 Å². The molecule has 2 atom stereocenters. The largest absolute Gasteiger partial charge is 0.380 e. The van der Waals surface area contributed by atoms with E-state index in [0.29, 0.717) is 13.0 Å². The summed E-state index contributed by atoms with van der Waals surface area (Å²) in [6, 6.07) is 10.4. The lowest BCUT2D eigenvalue weighted by Gasteiger charge is -2.20. The molecule has 1 rings (SSSR count). The van der Waals surface area contributed by atoms with Crippen LogP contribution in [0.15, 0.2) is 30.3 Å². The Bertz CT molecular complexity index is 383. The van der Waals surface area contributed by atoms with Crippen LogP contribution in [0.3, 0.4) is 0 Å². The minimum Gasteiger partial charge on any atom is -0.380 e. The van der Waals surface area contributed by atoms with Gasteiger partial charge in [-0.2, -0.15) is 0 Å². The van der Waals surface area contributed by atoms with Crippen LogP contribution in [0.2, 0.25) is 0 Å². The Labute approximate surface area is 133 Å². The van der Waals surface area contributed by atoms with E-state index in [0.717, 1.165) is 19.3 Å². The minimum atomic E-state index is -0.200. The molecule has 21 heavy (non-hydrogen) atoms. The molecular formula is C16H27ClN2O2. The summed E-state index contributed by atoms with van der Waals surface area (Å²) in [6.07, 6.45) is 3.00. The topological polar surface area (TPSA) is 64.4 Å². The second-order valence-corrected chi connectivity index (χ2v) is 5.04. The molecule has 2 unspecified atom stereocenters. The Morgan fingerprint density at radius 1 is 1.33 bits per heavy atom. The summed E-state index contributed by atoms with van der Waals surface area (Å²) >= 11 is 0. The number of nitrogens with two attached hydrogens (primary N) is 1. The van der Waals surface area contributed by atoms with E-state index in [-0.39, 0.29) is 30.5 Å². The Morgan fingerprint density at radius 3 is 2.52 bits per heavy atom. The van der Waals surface area contributed by atoms with Crippen LogP contribution in [0, 0.1) is 0 Å². The highest BCUT2D eigenvalue weighted by Crippen LogP contribution is 2.08. The maximum Gasteiger partial charge on any atom is 0.222 e. The van der Waals surface area contributed by atoms with Crippen molar-refractivity contribution in [3.8, 4) is 0 Å². The zero-order chi connectivity index (χ0) is 14.8. The number of carbonyl (C=O) groups is 1. The maximum atomic E-state index is 12.0. The molecule has 0 saturated heterocycles. The van der Waals surface area contributed by atoms with Crippen molar-refractivity contribution in [1.82, 2.24) is 5.32 Å². The van der Waals surface area contributed by atoms with E-state index in [4.69, 9.17) is 10.5 Å². The molecule has 120 valence electrons. The van der Waals surface area contributed by atoms with Gasteiger partial charge in [0, 0.05) is 19.7 Å². The van der Waals surface area contributed by atoms with Crippen molar-refractivity contribution in [3.05, 3.63) is 35.9 Å². The third-order valence-electron chi connectivity index (χ3n) is 3.34. The summed E-state index contributed by atoms with van der Waals surface area (Å²) in [5.41, 5.74) is 6.78. The molecule has 0 radical (unpaired) electrons. The molecule has 0 fully saturated rings. The second kappa shape index (κ2) is 11.5. The van der Waals surface area contributed by atoms with Gasteiger partial charge in [-0.25, -0.2) is 0 Å². The summed E-state index contributed by atoms with van der Waals surface area (Å²) < 4.78 is 5.14. The van der Waals surface area contributed by atoms with Crippen molar-refractivity contribution < 1.29 is 9.53 Å². The molecule has 0 aromatic heterocycles. The van der Waals surface area contributed by atoms with Crippen LogP contribution in [-0.4, -0.2) is 31.7 Å². The lowest BCUT2D eigenvalue weighted by atomic mass is 10.0. The van der Waals surface area contributed by atoms with Gasteiger partial charge in [0.25, 0.3) is 0 Å². The normalized spacial score (nSPS) is 13.1. The molecule has 1 amide bonds. The van der Waals surface area contributed by atoms with Crippen molar-refractivity contribution in [1.29, 1.82) is 0 Å². The summed E-state index contributed by atoms with van der Waals surface area (Å²) in [4.78, 5) is 12.0. The molecule has 0 saturated carbocycles. The molecule has 5 heteroatoms. The molecule has 4 nitrogen and oxygen atoms in total. The van der Waals surface area contributed by atoms with Crippen LogP contribution in [0.25, 0.3) is 0 Å². The zero-order valence-electron chi connectivity index (χ0n) is 12.9. The zero-order valence-corrected chi connectivity index (χ0v) is 13.7. The standard InChI is InChI=1S/C16H26N2O2.ClH/c1-3-7-14(10-13-8-5-4-6-9-13)18-16(19)11-15(12-17)20-2;/h4-6,8-9,14-15H,3,7,10-12,17H2,1-2H3,(H,18,19);1H. The van der Waals surface area contributed by atoms with Gasteiger partial charge in [0.1, 0.15) is 0 Å². The predicted molar refractivity (Wildman–Crippen MR) is 88.7 cm³/mol. The third kappa shape index (κ3) is 8.05. The highest BCUT2D eigenvalue weighted by atomic mass is 35.5. The molecule has 0 aliphatic heterocycles. The number of benzene rings is 1. The highest BCUT2D eigenvalue weighted by molar-refractivity contribution is 5.85. The molecule has 0 heterocycles. The van der Waals surface area contributed by atoms with E-state index in [1.165, 1.54) is 5.56 Å². The van der Waals surface area contributed by atoms with Crippen LogP contribution < -0.4 is 11.1 Å². The number of carbonyl (C=O) groups excluding carboxylic acids is 1. The van der Waals surface area contributed by atoms with E-state index in [2.05, 4.69) is 24.4 Å². The van der Waals surface area contributed by atoms with Crippen molar-refractivity contribution in [2.45, 2.75) is 44.8 Å². The Kier molecular flexibility index (Phi) is 10.9. The molecule has 1 aromatic rings. The van der Waals surface area contributed by atoms with E-state index in [1.807, 2.05) is 18.2 Å². The lowest BCUT2D eigenvalue weighted by molar-refractivity contribution is -0.124. The van der Waals surface area contributed by atoms with Gasteiger partial charge >= 0.3 is 0 Å². The molecule has 0 bridgehead atoms.